The van der Waals surface area contributed by atoms with Gasteiger partial charge in [0.15, 0.2) is 0 Å². The van der Waals surface area contributed by atoms with Crippen LogP contribution in [0.25, 0.3) is 0 Å². The van der Waals surface area contributed by atoms with Crippen molar-refractivity contribution in [1.82, 2.24) is 10.2 Å². The number of benzene rings is 1. The summed E-state index contributed by atoms with van der Waals surface area (Å²) in [5.41, 5.74) is 9.01. The summed E-state index contributed by atoms with van der Waals surface area (Å²) in [5.74, 6) is 1.11. The Bertz CT molecular complexity index is 584. The van der Waals surface area contributed by atoms with E-state index >= 15 is 0 Å². The van der Waals surface area contributed by atoms with Crippen LogP contribution in [0, 0.1) is 6.92 Å². The van der Waals surface area contributed by atoms with E-state index in [1.165, 1.54) is 11.1 Å². The Labute approximate surface area is 116 Å². The standard InChI is InChI=1S/C14H17N3OS/c1-8-7-12(19-14-17-16-9(2)18-14)13(15)11-6-4-3-5-10(8)11/h3-6,8,12-13H,7,15H2,1-2H3. The lowest BCUT2D eigenvalue weighted by Crippen LogP contribution is -2.30. The first-order chi connectivity index (χ1) is 9.15. The molecule has 3 unspecified atom stereocenters. The molecule has 1 aromatic heterocycles. The van der Waals surface area contributed by atoms with Gasteiger partial charge in [0.2, 0.25) is 5.89 Å². The molecule has 0 bridgehead atoms. The smallest absolute Gasteiger partial charge is 0.276 e. The molecule has 0 saturated heterocycles. The van der Waals surface area contributed by atoms with Crippen molar-refractivity contribution in [1.29, 1.82) is 0 Å². The molecule has 0 amide bonds. The summed E-state index contributed by atoms with van der Waals surface area (Å²) in [5, 5.41) is 8.81. The van der Waals surface area contributed by atoms with Crippen molar-refractivity contribution < 1.29 is 4.42 Å². The van der Waals surface area contributed by atoms with E-state index in [0.29, 0.717) is 17.0 Å². The van der Waals surface area contributed by atoms with Crippen molar-refractivity contribution in [2.24, 2.45) is 5.73 Å². The molecule has 0 radical (unpaired) electrons. The molecule has 1 heterocycles. The van der Waals surface area contributed by atoms with Crippen molar-refractivity contribution in [2.45, 2.75) is 42.7 Å². The number of rotatable bonds is 2. The molecule has 0 fully saturated rings. The van der Waals surface area contributed by atoms with Gasteiger partial charge in [-0.2, -0.15) is 0 Å². The number of thioether (sulfide) groups is 1. The Hall–Kier alpha value is -1.33. The SMILES string of the molecule is Cc1nnc(SC2CC(C)c3ccccc3C2N)o1. The molecular weight excluding hydrogens is 258 g/mol. The predicted octanol–water partition coefficient (Wildman–Crippen LogP) is 3.05. The van der Waals surface area contributed by atoms with Crippen LogP contribution in [-0.4, -0.2) is 15.4 Å². The lowest BCUT2D eigenvalue weighted by atomic mass is 9.81. The molecule has 5 heteroatoms. The molecule has 2 aromatic rings. The van der Waals surface area contributed by atoms with Crippen LogP contribution in [0.2, 0.25) is 0 Å². The van der Waals surface area contributed by atoms with Gasteiger partial charge in [0.1, 0.15) is 0 Å². The highest BCUT2D eigenvalue weighted by molar-refractivity contribution is 7.99. The molecule has 3 atom stereocenters. The van der Waals surface area contributed by atoms with Crippen LogP contribution in [0.5, 0.6) is 0 Å². The number of aryl methyl sites for hydroxylation is 1. The number of fused-ring (bicyclic) bond motifs is 1. The van der Waals surface area contributed by atoms with Gasteiger partial charge in [-0.3, -0.25) is 0 Å². The van der Waals surface area contributed by atoms with E-state index in [1.807, 2.05) is 0 Å². The maximum absolute atomic E-state index is 6.40. The summed E-state index contributed by atoms with van der Waals surface area (Å²) in [6.45, 7) is 4.05. The second-order valence-electron chi connectivity index (χ2n) is 5.03. The van der Waals surface area contributed by atoms with Gasteiger partial charge in [-0.05, 0) is 23.5 Å². The van der Waals surface area contributed by atoms with Gasteiger partial charge >= 0.3 is 0 Å². The third-order valence-corrected chi connectivity index (χ3v) is 4.79. The number of aromatic nitrogens is 2. The van der Waals surface area contributed by atoms with Crippen LogP contribution in [0.4, 0.5) is 0 Å². The fraction of sp³-hybridized carbons (Fsp3) is 0.429. The fourth-order valence-corrected chi connectivity index (χ4v) is 3.86. The Morgan fingerprint density at radius 2 is 2.00 bits per heavy atom. The van der Waals surface area contributed by atoms with Crippen molar-refractivity contribution in [2.75, 3.05) is 0 Å². The van der Waals surface area contributed by atoms with Crippen LogP contribution in [-0.2, 0) is 0 Å². The van der Waals surface area contributed by atoms with Crippen molar-refractivity contribution in [3.63, 3.8) is 0 Å². The average molecular weight is 275 g/mol. The molecule has 2 N–H and O–H groups in total. The summed E-state index contributed by atoms with van der Waals surface area (Å²) in [6, 6.07) is 8.45. The second-order valence-corrected chi connectivity index (χ2v) is 6.23. The maximum Gasteiger partial charge on any atom is 0.276 e. The first-order valence-electron chi connectivity index (χ1n) is 6.46. The van der Waals surface area contributed by atoms with E-state index in [9.17, 15) is 0 Å². The summed E-state index contributed by atoms with van der Waals surface area (Å²) in [6.07, 6.45) is 1.03. The molecule has 1 aliphatic rings. The van der Waals surface area contributed by atoms with Crippen LogP contribution in [0.3, 0.4) is 0 Å². The molecule has 4 nitrogen and oxygen atoms in total. The van der Waals surface area contributed by atoms with Crippen molar-refractivity contribution in [3.05, 3.63) is 41.3 Å². The first-order valence-corrected chi connectivity index (χ1v) is 7.34. The number of nitrogens with zero attached hydrogens (tertiary/aromatic N) is 2. The Balaban J connectivity index is 1.85. The largest absolute Gasteiger partial charge is 0.416 e. The molecule has 0 spiro atoms. The Morgan fingerprint density at radius 1 is 1.26 bits per heavy atom. The van der Waals surface area contributed by atoms with Crippen LogP contribution >= 0.6 is 11.8 Å². The topological polar surface area (TPSA) is 64.9 Å². The third-order valence-electron chi connectivity index (χ3n) is 3.63. The van der Waals surface area contributed by atoms with Gasteiger partial charge in [-0.1, -0.05) is 43.0 Å². The Kier molecular flexibility index (Phi) is 3.33. The van der Waals surface area contributed by atoms with Crippen molar-refractivity contribution >= 4 is 11.8 Å². The van der Waals surface area contributed by atoms with E-state index in [-0.39, 0.29) is 11.3 Å². The molecular formula is C14H17N3OS. The molecule has 19 heavy (non-hydrogen) atoms. The highest BCUT2D eigenvalue weighted by Gasteiger charge is 2.32. The number of hydrogen-bond acceptors (Lipinski definition) is 5. The third kappa shape index (κ3) is 2.40. The molecule has 1 aliphatic carbocycles. The molecule has 1 aromatic carbocycles. The van der Waals surface area contributed by atoms with Gasteiger partial charge in [-0.25, -0.2) is 0 Å². The lowest BCUT2D eigenvalue weighted by Gasteiger charge is -2.33. The molecule has 3 rings (SSSR count). The van der Waals surface area contributed by atoms with Gasteiger partial charge in [0.05, 0.1) is 0 Å². The van der Waals surface area contributed by atoms with Gasteiger partial charge in [-0.15, -0.1) is 10.2 Å². The van der Waals surface area contributed by atoms with Crippen LogP contribution in [0.1, 0.15) is 42.3 Å². The lowest BCUT2D eigenvalue weighted by molar-refractivity contribution is 0.425. The minimum absolute atomic E-state index is 0.0182. The Morgan fingerprint density at radius 3 is 2.68 bits per heavy atom. The molecule has 100 valence electrons. The van der Waals surface area contributed by atoms with Gasteiger partial charge < -0.3 is 10.2 Å². The predicted molar refractivity (Wildman–Crippen MR) is 75.1 cm³/mol. The average Bonchev–Trinajstić information content (AvgIpc) is 2.81. The van der Waals surface area contributed by atoms with Crippen LogP contribution in [0.15, 0.2) is 33.9 Å². The molecule has 0 aliphatic heterocycles. The first kappa shape index (κ1) is 12.7. The van der Waals surface area contributed by atoms with E-state index in [0.717, 1.165) is 6.42 Å². The monoisotopic (exact) mass is 275 g/mol. The summed E-state index contributed by atoms with van der Waals surface area (Å²) >= 11 is 1.60. The zero-order chi connectivity index (χ0) is 13.4. The van der Waals surface area contributed by atoms with E-state index < -0.39 is 0 Å². The summed E-state index contributed by atoms with van der Waals surface area (Å²) < 4.78 is 5.44. The highest BCUT2D eigenvalue weighted by Crippen LogP contribution is 2.43. The minimum atomic E-state index is 0.0182. The van der Waals surface area contributed by atoms with E-state index in [2.05, 4.69) is 41.4 Å². The maximum atomic E-state index is 6.40. The minimum Gasteiger partial charge on any atom is -0.416 e. The fourth-order valence-electron chi connectivity index (χ4n) is 2.66. The van der Waals surface area contributed by atoms with Gasteiger partial charge in [0.25, 0.3) is 5.22 Å². The van der Waals surface area contributed by atoms with Crippen LogP contribution < -0.4 is 5.73 Å². The van der Waals surface area contributed by atoms with Crippen molar-refractivity contribution in [3.8, 4) is 0 Å². The zero-order valence-corrected chi connectivity index (χ0v) is 11.9. The summed E-state index contributed by atoms with van der Waals surface area (Å²) in [4.78, 5) is 0. The normalized spacial score (nSPS) is 26.2. The zero-order valence-electron chi connectivity index (χ0n) is 11.0. The van der Waals surface area contributed by atoms with Gasteiger partial charge in [0, 0.05) is 18.2 Å². The van der Waals surface area contributed by atoms with E-state index in [1.54, 1.807) is 18.7 Å². The quantitative estimate of drug-likeness (QED) is 0.912. The van der Waals surface area contributed by atoms with E-state index in [4.69, 9.17) is 10.2 Å². The second kappa shape index (κ2) is 4.98. The number of nitrogens with two attached hydrogens (primary N) is 1. The molecule has 0 saturated carbocycles. The summed E-state index contributed by atoms with van der Waals surface area (Å²) in [7, 11) is 0. The number of hydrogen-bond donors (Lipinski definition) is 1. The highest BCUT2D eigenvalue weighted by atomic mass is 32.2.